The first-order chi connectivity index (χ1) is 22.2. The van der Waals surface area contributed by atoms with Gasteiger partial charge in [-0.2, -0.15) is 0 Å². The summed E-state index contributed by atoms with van der Waals surface area (Å²) in [6.45, 7) is 9.36. The second-order valence-electron chi connectivity index (χ2n) is 13.6. The summed E-state index contributed by atoms with van der Waals surface area (Å²) in [5.41, 5.74) is -2.26. The zero-order valence-corrected chi connectivity index (χ0v) is 28.0. The lowest BCUT2D eigenvalue weighted by atomic mass is 9.85. The lowest BCUT2D eigenvalue weighted by Crippen LogP contribution is -2.60. The van der Waals surface area contributed by atoms with Crippen LogP contribution in [0.1, 0.15) is 52.9 Å². The number of nitrogens with zero attached hydrogens (tertiary/aromatic N) is 2. The van der Waals surface area contributed by atoms with Gasteiger partial charge in [0.1, 0.15) is 23.7 Å². The number of carbonyl (C=O) groups excluding carboxylic acids is 4. The summed E-state index contributed by atoms with van der Waals surface area (Å²) in [6, 6.07) is 7.29. The van der Waals surface area contributed by atoms with E-state index in [0.717, 1.165) is 10.8 Å². The molecule has 0 spiro atoms. The number of nitrogens with one attached hydrogen (secondary N) is 3. The third kappa shape index (κ3) is 7.43. The van der Waals surface area contributed by atoms with E-state index in [0.29, 0.717) is 18.7 Å². The molecule has 2 aromatic rings. The predicted octanol–water partition coefficient (Wildman–Crippen LogP) is 1.82. The van der Waals surface area contributed by atoms with E-state index >= 15 is 0 Å². The average Bonchev–Trinajstić information content (AvgIpc) is 3.95. The molecule has 0 bridgehead atoms. The van der Waals surface area contributed by atoms with E-state index in [4.69, 9.17) is 9.47 Å². The van der Waals surface area contributed by atoms with Gasteiger partial charge in [0.05, 0.1) is 18.4 Å². The highest BCUT2D eigenvalue weighted by Crippen LogP contribution is 2.45. The first kappa shape index (κ1) is 34.3. The van der Waals surface area contributed by atoms with Crippen LogP contribution in [0.5, 0.6) is 5.88 Å². The van der Waals surface area contributed by atoms with E-state index in [-0.39, 0.29) is 38.3 Å². The Morgan fingerprint density at radius 3 is 2.53 bits per heavy atom. The second-order valence-corrected chi connectivity index (χ2v) is 15.6. The van der Waals surface area contributed by atoms with Gasteiger partial charge in [0.2, 0.25) is 33.6 Å². The van der Waals surface area contributed by atoms with Gasteiger partial charge < -0.3 is 25.0 Å². The van der Waals surface area contributed by atoms with Crippen molar-refractivity contribution in [2.75, 3.05) is 20.3 Å². The molecule has 5 rings (SSSR count). The van der Waals surface area contributed by atoms with Gasteiger partial charge in [0.25, 0.3) is 5.91 Å². The molecule has 2 saturated carbocycles. The minimum Gasteiger partial charge on any atom is -0.472 e. The monoisotopic (exact) mass is 669 g/mol. The van der Waals surface area contributed by atoms with Crippen molar-refractivity contribution in [3.63, 3.8) is 0 Å². The molecule has 5 atom stereocenters. The number of sulfonamides is 1. The van der Waals surface area contributed by atoms with E-state index in [1.807, 2.05) is 51.1 Å². The van der Waals surface area contributed by atoms with Crippen LogP contribution in [-0.2, 0) is 33.9 Å². The Morgan fingerprint density at radius 1 is 1.17 bits per heavy atom. The molecule has 3 aliphatic rings. The summed E-state index contributed by atoms with van der Waals surface area (Å²) in [4.78, 5) is 60.3. The Kier molecular flexibility index (Phi) is 9.65. The number of hydrogen-bond donors (Lipinski definition) is 3. The van der Waals surface area contributed by atoms with Crippen molar-refractivity contribution < 1.29 is 37.1 Å². The fourth-order valence-electron chi connectivity index (χ4n) is 5.98. The van der Waals surface area contributed by atoms with Gasteiger partial charge in [-0.15, -0.1) is 6.58 Å². The first-order valence-electron chi connectivity index (χ1n) is 15.8. The van der Waals surface area contributed by atoms with Crippen molar-refractivity contribution in [2.45, 2.75) is 81.9 Å². The zero-order chi connectivity index (χ0) is 34.1. The van der Waals surface area contributed by atoms with Crippen LogP contribution in [0.4, 0.5) is 0 Å². The fourth-order valence-corrected chi connectivity index (χ4v) is 7.34. The van der Waals surface area contributed by atoms with Crippen LogP contribution in [0.25, 0.3) is 10.8 Å². The third-order valence-corrected chi connectivity index (χ3v) is 10.8. The number of aromatic nitrogens is 1. The van der Waals surface area contributed by atoms with Crippen molar-refractivity contribution in [2.24, 2.45) is 11.3 Å². The first-order valence-corrected chi connectivity index (χ1v) is 17.3. The Morgan fingerprint density at radius 2 is 1.89 bits per heavy atom. The van der Waals surface area contributed by atoms with Crippen LogP contribution >= 0.6 is 0 Å². The molecule has 14 heteroatoms. The molecule has 0 radical (unpaired) electrons. The van der Waals surface area contributed by atoms with Crippen molar-refractivity contribution in [3.05, 3.63) is 49.2 Å². The molecule has 0 unspecified atom stereocenters. The lowest BCUT2D eigenvalue weighted by molar-refractivity contribution is -0.144. The molecule has 1 aliphatic heterocycles. The van der Waals surface area contributed by atoms with Crippen LogP contribution in [0.3, 0.4) is 0 Å². The van der Waals surface area contributed by atoms with E-state index in [9.17, 15) is 27.6 Å². The molecule has 47 heavy (non-hydrogen) atoms. The molecular weight excluding hydrogens is 626 g/mol. The van der Waals surface area contributed by atoms with Crippen molar-refractivity contribution in [1.82, 2.24) is 25.2 Å². The van der Waals surface area contributed by atoms with Crippen molar-refractivity contribution in [1.29, 1.82) is 0 Å². The maximum Gasteiger partial charge on any atom is 0.259 e. The summed E-state index contributed by atoms with van der Waals surface area (Å²) in [7, 11) is -2.40. The van der Waals surface area contributed by atoms with Crippen LogP contribution < -0.4 is 20.1 Å². The largest absolute Gasteiger partial charge is 0.472 e. The third-order valence-electron chi connectivity index (χ3n) is 8.96. The molecule has 3 N–H and O–H groups in total. The van der Waals surface area contributed by atoms with Gasteiger partial charge in [-0.3, -0.25) is 23.9 Å². The van der Waals surface area contributed by atoms with Crippen molar-refractivity contribution >= 4 is 44.4 Å². The van der Waals surface area contributed by atoms with E-state index in [1.165, 1.54) is 18.1 Å². The molecule has 4 amide bonds. The standard InChI is InChI=1S/C33H43N5O8S/c1-6-21-18-33(21,31(42)37-47(43,44)23-11-12-23)36-28(40)25-17-22(46-29-24-10-8-7-9-20(24)13-15-34-29)19-38(25)30(41)27(32(2,3)4)35-26(39)14-16-45-5/h6-10,13,15,21-23,25,27H,1,11-12,14,16-19H2,2-5H3,(H,35,39)(H,36,40)(H,37,42)/t21-,22-,25+,27-,33-/m1/s1. The molecule has 2 aliphatic carbocycles. The van der Waals surface area contributed by atoms with Gasteiger partial charge in [0, 0.05) is 37.5 Å². The number of likely N-dealkylation sites (tertiary alicyclic amines) is 1. The lowest BCUT2D eigenvalue weighted by Gasteiger charge is -2.35. The summed E-state index contributed by atoms with van der Waals surface area (Å²) in [6.07, 6.45) is 3.67. The van der Waals surface area contributed by atoms with Gasteiger partial charge in [0.15, 0.2) is 0 Å². The molecule has 1 aromatic heterocycles. The number of amides is 4. The quantitative estimate of drug-likeness (QED) is 0.269. The van der Waals surface area contributed by atoms with E-state index in [2.05, 4.69) is 26.9 Å². The van der Waals surface area contributed by atoms with Gasteiger partial charge in [-0.05, 0) is 42.2 Å². The molecular formula is C33H43N5O8S. The topological polar surface area (TPSA) is 173 Å². The highest BCUT2D eigenvalue weighted by molar-refractivity contribution is 7.91. The van der Waals surface area contributed by atoms with Gasteiger partial charge in [-0.1, -0.05) is 45.0 Å². The van der Waals surface area contributed by atoms with Gasteiger partial charge in [-0.25, -0.2) is 13.4 Å². The summed E-state index contributed by atoms with van der Waals surface area (Å²) in [5.74, 6) is -2.50. The minimum absolute atomic E-state index is 0.00247. The molecule has 1 saturated heterocycles. The summed E-state index contributed by atoms with van der Waals surface area (Å²) < 4.78 is 38.7. The Bertz CT molecular complexity index is 1670. The molecule has 3 fully saturated rings. The SMILES string of the molecule is C=C[C@@H]1C[C@]1(NC(=O)[C@@H]1C[C@@H](Oc2nccc3ccccc23)CN1C(=O)[C@@H](NC(=O)CCOC)C(C)(C)C)C(=O)NS(=O)(=O)C1CC1. The van der Waals surface area contributed by atoms with Crippen LogP contribution in [-0.4, -0.2) is 91.2 Å². The van der Waals surface area contributed by atoms with E-state index < -0.39 is 68.1 Å². The number of carbonyl (C=O) groups is 4. The molecule has 2 heterocycles. The Hall–Kier alpha value is -4.04. The number of ether oxygens (including phenoxy) is 2. The fraction of sp³-hybridized carbons (Fsp3) is 0.545. The number of hydrogen-bond acceptors (Lipinski definition) is 9. The Balaban J connectivity index is 1.42. The van der Waals surface area contributed by atoms with Crippen LogP contribution in [0.2, 0.25) is 0 Å². The Labute approximate surface area is 274 Å². The predicted molar refractivity (Wildman–Crippen MR) is 173 cm³/mol. The second kappa shape index (κ2) is 13.2. The number of benzene rings is 1. The number of rotatable bonds is 13. The maximum atomic E-state index is 14.3. The highest BCUT2D eigenvalue weighted by atomic mass is 32.2. The highest BCUT2D eigenvalue weighted by Gasteiger charge is 2.62. The number of fused-ring (bicyclic) bond motifs is 1. The normalized spacial score (nSPS) is 24.7. The summed E-state index contributed by atoms with van der Waals surface area (Å²) >= 11 is 0. The smallest absolute Gasteiger partial charge is 0.259 e. The minimum atomic E-state index is -3.87. The average molecular weight is 670 g/mol. The number of pyridine rings is 1. The van der Waals surface area contributed by atoms with E-state index in [1.54, 1.807) is 6.20 Å². The van der Waals surface area contributed by atoms with Crippen molar-refractivity contribution in [3.8, 4) is 5.88 Å². The maximum absolute atomic E-state index is 14.3. The van der Waals surface area contributed by atoms with Crippen LogP contribution in [0, 0.1) is 11.3 Å². The zero-order valence-electron chi connectivity index (χ0n) is 27.2. The summed E-state index contributed by atoms with van der Waals surface area (Å²) in [5, 5.41) is 6.64. The molecule has 13 nitrogen and oxygen atoms in total. The van der Waals surface area contributed by atoms with Crippen LogP contribution in [0.15, 0.2) is 49.2 Å². The molecule has 1 aromatic carbocycles. The van der Waals surface area contributed by atoms with Gasteiger partial charge >= 0.3 is 0 Å². The molecule has 254 valence electrons. The number of methoxy groups -OCH3 is 1.